The minimum Gasteiger partial charge on any atom is -0.415 e. The Bertz CT molecular complexity index is 580. The average Bonchev–Trinajstić information content (AvgIpc) is 2.84. The fourth-order valence-electron chi connectivity index (χ4n) is 4.76. The molecule has 0 aromatic heterocycles. The van der Waals surface area contributed by atoms with Gasteiger partial charge >= 0.3 is 42.8 Å². The summed E-state index contributed by atoms with van der Waals surface area (Å²) in [4.78, 5) is 0. The molecular weight excluding hydrogens is 521 g/mol. The average molecular weight is 571 g/mol. The van der Waals surface area contributed by atoms with Gasteiger partial charge in [0, 0.05) is 30.2 Å². The molecule has 0 saturated carbocycles. The van der Waals surface area contributed by atoms with E-state index in [1.165, 1.54) is 0 Å². The lowest BCUT2D eigenvalue weighted by atomic mass is 10.8. The second-order valence-electron chi connectivity index (χ2n) is 9.30. The van der Waals surface area contributed by atoms with Crippen molar-refractivity contribution in [1.82, 2.24) is 0 Å². The molecule has 10 heteroatoms. The SMILES string of the molecule is C=CC[Si]1(CC)O[Si](CC)(CC=C)O[Si](CC)(CC=C)O[Si](CC)(CC=C)O[Si](CC)(CC=C)O1. The van der Waals surface area contributed by atoms with Gasteiger partial charge in [-0.2, -0.15) is 0 Å². The molecule has 0 spiro atoms. The van der Waals surface area contributed by atoms with Crippen LogP contribution in [0.1, 0.15) is 34.6 Å². The van der Waals surface area contributed by atoms with Crippen LogP contribution in [0.5, 0.6) is 0 Å². The maximum atomic E-state index is 7.28. The summed E-state index contributed by atoms with van der Waals surface area (Å²) in [6.45, 7) is 31.3. The minimum atomic E-state index is -2.78. The smallest absolute Gasteiger partial charge is 0.324 e. The molecule has 1 aliphatic heterocycles. The van der Waals surface area contributed by atoms with Crippen LogP contribution in [0.4, 0.5) is 0 Å². The molecule has 0 aromatic rings. The van der Waals surface area contributed by atoms with Gasteiger partial charge < -0.3 is 20.6 Å². The van der Waals surface area contributed by atoms with E-state index in [4.69, 9.17) is 20.6 Å². The topological polar surface area (TPSA) is 46.2 Å². The summed E-state index contributed by atoms with van der Waals surface area (Å²) in [6.07, 6.45) is 9.75. The van der Waals surface area contributed by atoms with E-state index in [2.05, 4.69) is 67.5 Å². The Hall–Kier alpha value is -0.416. The quantitative estimate of drug-likeness (QED) is 0.146. The lowest BCUT2D eigenvalue weighted by Gasteiger charge is -2.52. The second-order valence-corrected chi connectivity index (χ2v) is 28.1. The fraction of sp³-hybridized carbons (Fsp3) is 0.600. The number of hydrogen-bond acceptors (Lipinski definition) is 5. The predicted molar refractivity (Wildman–Crippen MR) is 162 cm³/mol. The predicted octanol–water partition coefficient (Wildman–Crippen LogP) is 8.32. The molecule has 35 heavy (non-hydrogen) atoms. The van der Waals surface area contributed by atoms with Gasteiger partial charge in [-0.1, -0.05) is 65.0 Å². The highest BCUT2D eigenvalue weighted by atomic mass is 28.5. The van der Waals surface area contributed by atoms with Crippen molar-refractivity contribution in [3.05, 3.63) is 63.3 Å². The summed E-state index contributed by atoms with van der Waals surface area (Å²) in [5.74, 6) is 0. The normalized spacial score (nSPS) is 36.1. The lowest BCUT2D eigenvalue weighted by molar-refractivity contribution is 0.217. The molecule has 0 unspecified atom stereocenters. The van der Waals surface area contributed by atoms with Crippen molar-refractivity contribution in [2.75, 3.05) is 0 Å². The van der Waals surface area contributed by atoms with E-state index in [1.54, 1.807) is 0 Å². The Morgan fingerprint density at radius 1 is 0.371 bits per heavy atom. The zero-order valence-corrected chi connectivity index (χ0v) is 28.0. The molecule has 1 aliphatic rings. The van der Waals surface area contributed by atoms with Crippen molar-refractivity contribution >= 4 is 42.8 Å². The van der Waals surface area contributed by atoms with E-state index in [1.807, 2.05) is 30.4 Å². The highest BCUT2D eigenvalue weighted by Gasteiger charge is 2.60. The first kappa shape index (κ1) is 32.6. The van der Waals surface area contributed by atoms with E-state index in [-0.39, 0.29) is 0 Å². The first-order valence-corrected chi connectivity index (χ1v) is 24.3. The molecule has 200 valence electrons. The van der Waals surface area contributed by atoms with E-state index in [9.17, 15) is 0 Å². The molecule has 0 atom stereocenters. The van der Waals surface area contributed by atoms with Crippen molar-refractivity contribution < 1.29 is 20.6 Å². The summed E-state index contributed by atoms with van der Waals surface area (Å²) in [7, 11) is -13.9. The van der Waals surface area contributed by atoms with Crippen molar-refractivity contribution in [2.24, 2.45) is 0 Å². The van der Waals surface area contributed by atoms with Gasteiger partial charge in [0.2, 0.25) is 0 Å². The molecule has 5 nitrogen and oxygen atoms in total. The Morgan fingerprint density at radius 2 is 0.514 bits per heavy atom. The van der Waals surface area contributed by atoms with Crippen LogP contribution in [0, 0.1) is 0 Å². The molecule has 0 radical (unpaired) electrons. The van der Waals surface area contributed by atoms with Crippen LogP contribution >= 0.6 is 0 Å². The van der Waals surface area contributed by atoms with E-state index in [0.717, 1.165) is 30.2 Å². The van der Waals surface area contributed by atoms with Gasteiger partial charge in [0.25, 0.3) is 0 Å². The van der Waals surface area contributed by atoms with Crippen LogP contribution in [0.2, 0.25) is 60.4 Å². The van der Waals surface area contributed by atoms with Gasteiger partial charge in [0.15, 0.2) is 0 Å². The van der Waals surface area contributed by atoms with Gasteiger partial charge in [0.1, 0.15) is 0 Å². The zero-order chi connectivity index (χ0) is 26.6. The van der Waals surface area contributed by atoms with Gasteiger partial charge in [-0.05, 0) is 30.2 Å². The fourth-order valence-corrected chi connectivity index (χ4v) is 33.8. The zero-order valence-electron chi connectivity index (χ0n) is 23.0. The Labute approximate surface area is 221 Å². The number of hydrogen-bond donors (Lipinski definition) is 0. The summed E-state index contributed by atoms with van der Waals surface area (Å²) < 4.78 is 36.4. The molecule has 0 aromatic carbocycles. The molecule has 0 bridgehead atoms. The molecule has 1 rings (SSSR count). The van der Waals surface area contributed by atoms with Crippen molar-refractivity contribution in [3.63, 3.8) is 0 Å². The Kier molecular flexibility index (Phi) is 13.5. The highest BCUT2D eigenvalue weighted by molar-refractivity contribution is 6.95. The second kappa shape index (κ2) is 14.5. The first-order chi connectivity index (χ1) is 16.6. The third-order valence-corrected chi connectivity index (χ3v) is 31.7. The van der Waals surface area contributed by atoms with Crippen molar-refractivity contribution in [3.8, 4) is 0 Å². The van der Waals surface area contributed by atoms with Crippen LogP contribution in [0.15, 0.2) is 63.3 Å². The van der Waals surface area contributed by atoms with Crippen molar-refractivity contribution in [2.45, 2.75) is 95.1 Å². The Morgan fingerprint density at radius 3 is 0.600 bits per heavy atom. The molecule has 1 heterocycles. The monoisotopic (exact) mass is 570 g/mol. The van der Waals surface area contributed by atoms with E-state index in [0.29, 0.717) is 30.2 Å². The summed E-state index contributed by atoms with van der Waals surface area (Å²) >= 11 is 0. The standard InChI is InChI=1S/C25H50O5Si5/c1-11-21-31(16-6)26-32(17-7,22-12-2)28-34(19-9,24-14-4)30-35(20-10,25-15-5)29-33(18-8,27-31)23-13-3/h11-15H,1-5,16-25H2,6-10H3. The maximum Gasteiger partial charge on any atom is 0.324 e. The summed E-state index contributed by atoms with van der Waals surface area (Å²) in [5, 5.41) is 0. The third kappa shape index (κ3) is 8.03. The van der Waals surface area contributed by atoms with Crippen LogP contribution in [0.3, 0.4) is 0 Å². The molecule has 0 aliphatic carbocycles. The molecule has 1 saturated heterocycles. The number of allylic oxidation sites excluding steroid dienone is 5. The highest BCUT2D eigenvalue weighted by Crippen LogP contribution is 2.42. The summed E-state index contributed by atoms with van der Waals surface area (Å²) in [6, 6.07) is 7.47. The largest absolute Gasteiger partial charge is 0.415 e. The van der Waals surface area contributed by atoms with Gasteiger partial charge in [-0.15, -0.1) is 32.9 Å². The van der Waals surface area contributed by atoms with Crippen LogP contribution in [0.25, 0.3) is 0 Å². The lowest BCUT2D eigenvalue weighted by Crippen LogP contribution is -2.69. The van der Waals surface area contributed by atoms with Gasteiger partial charge in [-0.25, -0.2) is 0 Å². The van der Waals surface area contributed by atoms with Gasteiger partial charge in [-0.3, -0.25) is 0 Å². The minimum absolute atomic E-state index is 0.694. The molecule has 0 amide bonds. The van der Waals surface area contributed by atoms with E-state index >= 15 is 0 Å². The summed E-state index contributed by atoms with van der Waals surface area (Å²) in [5.41, 5.74) is 0. The van der Waals surface area contributed by atoms with E-state index < -0.39 is 42.8 Å². The molecule has 0 N–H and O–H groups in total. The first-order valence-electron chi connectivity index (χ1n) is 13.2. The Balaban J connectivity index is 4.04. The number of rotatable bonds is 15. The van der Waals surface area contributed by atoms with Crippen LogP contribution in [-0.4, -0.2) is 42.8 Å². The van der Waals surface area contributed by atoms with Crippen molar-refractivity contribution in [1.29, 1.82) is 0 Å². The van der Waals surface area contributed by atoms with Crippen LogP contribution in [-0.2, 0) is 20.6 Å². The third-order valence-electron chi connectivity index (χ3n) is 6.83. The molecular formula is C25H50O5Si5. The maximum absolute atomic E-state index is 7.28. The van der Waals surface area contributed by atoms with Gasteiger partial charge in [0.05, 0.1) is 0 Å². The molecule has 1 fully saturated rings. The van der Waals surface area contributed by atoms with Crippen LogP contribution < -0.4 is 0 Å².